The van der Waals surface area contributed by atoms with Gasteiger partial charge in [0.1, 0.15) is 0 Å². The summed E-state index contributed by atoms with van der Waals surface area (Å²) in [6.45, 7) is -1.86. The van der Waals surface area contributed by atoms with Gasteiger partial charge in [0.2, 0.25) is 0 Å². The third-order valence-corrected chi connectivity index (χ3v) is 3.39. The maximum atomic E-state index is 12.1. The Morgan fingerprint density at radius 1 is 0.667 bits per heavy atom. The summed E-state index contributed by atoms with van der Waals surface area (Å²) in [6, 6.07) is -0.144. The first-order chi connectivity index (χ1) is 11.3. The predicted octanol–water partition coefficient (Wildman–Crippen LogP) is -2.81. The Balaban J connectivity index is 3.42. The molecule has 0 aliphatic carbocycles. The second-order valence-corrected chi connectivity index (χ2v) is 5.26. The van der Waals surface area contributed by atoms with Crippen LogP contribution in [0, 0.1) is 0 Å². The van der Waals surface area contributed by atoms with Crippen molar-refractivity contribution in [3.63, 3.8) is 0 Å². The molecular weight excluding hydrogens is 318 g/mol. The average Bonchev–Trinajstić information content (AvgIpc) is 2.63. The van der Waals surface area contributed by atoms with E-state index in [1.165, 1.54) is 18.2 Å². The van der Waals surface area contributed by atoms with E-state index in [0.29, 0.717) is 0 Å². The maximum absolute atomic E-state index is 12.1. The van der Waals surface area contributed by atoms with E-state index in [2.05, 4.69) is 0 Å². The molecule has 0 saturated heterocycles. The summed E-state index contributed by atoms with van der Waals surface area (Å²) in [5, 5.41) is 27.0. The van der Waals surface area contributed by atoms with Gasteiger partial charge in [-0.2, -0.15) is 0 Å². The van der Waals surface area contributed by atoms with Gasteiger partial charge in [0.15, 0.2) is 17.3 Å². The van der Waals surface area contributed by atoms with Crippen molar-refractivity contribution in [2.24, 2.45) is 17.2 Å². The van der Waals surface area contributed by atoms with E-state index in [9.17, 15) is 14.4 Å². The molecule has 0 radical (unpaired) electrons. The Morgan fingerprint density at radius 2 is 0.875 bits per heavy atom. The zero-order chi connectivity index (χ0) is 18.4. The zero-order valence-corrected chi connectivity index (χ0v) is 12.9. The Kier molecular flexibility index (Phi) is 7.29. The first kappa shape index (κ1) is 20.0. The van der Waals surface area contributed by atoms with Crippen LogP contribution in [0.3, 0.4) is 0 Å². The fourth-order valence-corrected chi connectivity index (χ4v) is 1.95. The average molecular weight is 339 g/mol. The number of aliphatic hydroxyl groups excluding tert-OH is 3. The Morgan fingerprint density at radius 3 is 1.04 bits per heavy atom. The molecule has 0 spiro atoms. The van der Waals surface area contributed by atoms with Gasteiger partial charge in [-0.3, -0.25) is 14.4 Å². The molecule has 1 aromatic rings. The van der Waals surface area contributed by atoms with E-state index in [1.54, 1.807) is 0 Å². The molecule has 9 N–H and O–H groups in total. The molecule has 0 bridgehead atoms. The molecule has 132 valence electrons. The first-order valence-electron chi connectivity index (χ1n) is 7.13. The second-order valence-electron chi connectivity index (χ2n) is 5.26. The molecular formula is C15H21N3O6. The monoisotopic (exact) mass is 339 g/mol. The van der Waals surface area contributed by atoms with E-state index >= 15 is 0 Å². The standard InChI is InChI=1S/C15H21N3O6/c16-10(4-19)13(22)7-1-8(14(23)11(17)5-20)3-9(2-7)15(24)12(18)6-21/h1-3,10-12,19-21H,4-6,16-18H2/t10-,11-,12-/m0/s1. The molecule has 9 nitrogen and oxygen atoms in total. The number of aliphatic hydroxyl groups is 3. The SMILES string of the molecule is N[C@@H](CO)C(=O)c1cc(C(=O)[C@@H](N)CO)cc(C(=O)[C@@H](N)CO)c1. The second kappa shape index (κ2) is 8.73. The van der Waals surface area contributed by atoms with E-state index in [1.807, 2.05) is 0 Å². The molecule has 1 rings (SSSR count). The van der Waals surface area contributed by atoms with Crippen LogP contribution in [0.25, 0.3) is 0 Å². The lowest BCUT2D eigenvalue weighted by atomic mass is 9.93. The summed E-state index contributed by atoms with van der Waals surface area (Å²) >= 11 is 0. The highest BCUT2D eigenvalue weighted by molar-refractivity contribution is 6.09. The number of hydrogen-bond donors (Lipinski definition) is 6. The van der Waals surface area contributed by atoms with Crippen molar-refractivity contribution >= 4 is 17.3 Å². The first-order valence-corrected chi connectivity index (χ1v) is 7.13. The highest BCUT2D eigenvalue weighted by Crippen LogP contribution is 2.15. The van der Waals surface area contributed by atoms with E-state index in [4.69, 9.17) is 32.5 Å². The minimum Gasteiger partial charge on any atom is -0.394 e. The summed E-state index contributed by atoms with van der Waals surface area (Å²) in [6.07, 6.45) is 0. The van der Waals surface area contributed by atoms with E-state index in [0.717, 1.165) is 0 Å². The molecule has 0 saturated carbocycles. The molecule has 0 aliphatic rings. The fraction of sp³-hybridized carbons (Fsp3) is 0.400. The van der Waals surface area contributed by atoms with Gasteiger partial charge in [0, 0.05) is 16.7 Å². The zero-order valence-electron chi connectivity index (χ0n) is 12.9. The van der Waals surface area contributed by atoms with Gasteiger partial charge < -0.3 is 32.5 Å². The number of carbonyl (C=O) groups excluding carboxylic acids is 3. The van der Waals surface area contributed by atoms with Crippen LogP contribution < -0.4 is 17.2 Å². The number of nitrogens with two attached hydrogens (primary N) is 3. The summed E-state index contributed by atoms with van der Waals surface area (Å²) in [5.74, 6) is -2.05. The number of hydrogen-bond acceptors (Lipinski definition) is 9. The minimum atomic E-state index is -1.23. The highest BCUT2D eigenvalue weighted by atomic mass is 16.3. The van der Waals surface area contributed by atoms with Gasteiger partial charge >= 0.3 is 0 Å². The molecule has 9 heteroatoms. The van der Waals surface area contributed by atoms with Crippen LogP contribution in [0.1, 0.15) is 31.1 Å². The van der Waals surface area contributed by atoms with Crippen LogP contribution in [-0.4, -0.2) is 70.6 Å². The van der Waals surface area contributed by atoms with Crippen molar-refractivity contribution in [2.75, 3.05) is 19.8 Å². The number of carbonyl (C=O) groups is 3. The lowest BCUT2D eigenvalue weighted by Gasteiger charge is -2.14. The third-order valence-electron chi connectivity index (χ3n) is 3.39. The largest absolute Gasteiger partial charge is 0.394 e. The number of rotatable bonds is 9. The van der Waals surface area contributed by atoms with Crippen molar-refractivity contribution in [1.82, 2.24) is 0 Å². The van der Waals surface area contributed by atoms with E-state index < -0.39 is 55.3 Å². The maximum Gasteiger partial charge on any atom is 0.181 e. The summed E-state index contributed by atoms with van der Waals surface area (Å²) in [7, 11) is 0. The van der Waals surface area contributed by atoms with Crippen LogP contribution in [0.5, 0.6) is 0 Å². The molecule has 1 aromatic carbocycles. The predicted molar refractivity (Wildman–Crippen MR) is 84.6 cm³/mol. The molecule has 0 amide bonds. The van der Waals surface area contributed by atoms with Gasteiger partial charge in [-0.25, -0.2) is 0 Å². The highest BCUT2D eigenvalue weighted by Gasteiger charge is 2.23. The molecule has 0 fully saturated rings. The van der Waals surface area contributed by atoms with Gasteiger partial charge in [-0.15, -0.1) is 0 Å². The third kappa shape index (κ3) is 4.51. The molecule has 0 heterocycles. The molecule has 24 heavy (non-hydrogen) atoms. The minimum absolute atomic E-state index is 0.0824. The quantitative estimate of drug-likeness (QED) is 0.258. The molecule has 0 aliphatic heterocycles. The normalized spacial score (nSPS) is 14.8. The van der Waals surface area contributed by atoms with Crippen molar-refractivity contribution in [1.29, 1.82) is 0 Å². The Labute approximate surface area is 138 Å². The lowest BCUT2D eigenvalue weighted by molar-refractivity contribution is 0.0924. The lowest BCUT2D eigenvalue weighted by Crippen LogP contribution is -2.37. The van der Waals surface area contributed by atoms with Gasteiger partial charge in [0.25, 0.3) is 0 Å². The Hall–Kier alpha value is -2.01. The summed E-state index contributed by atoms with van der Waals surface area (Å²) in [5.41, 5.74) is 16.2. The smallest absolute Gasteiger partial charge is 0.181 e. The molecule has 0 aromatic heterocycles. The van der Waals surface area contributed by atoms with Crippen molar-refractivity contribution in [2.45, 2.75) is 18.1 Å². The van der Waals surface area contributed by atoms with Gasteiger partial charge in [0.05, 0.1) is 37.9 Å². The van der Waals surface area contributed by atoms with Crippen LogP contribution in [0.2, 0.25) is 0 Å². The van der Waals surface area contributed by atoms with Gasteiger partial charge in [-0.05, 0) is 18.2 Å². The Bertz CT molecular complexity index is 536. The van der Waals surface area contributed by atoms with Crippen LogP contribution in [0.4, 0.5) is 0 Å². The van der Waals surface area contributed by atoms with Crippen LogP contribution >= 0.6 is 0 Å². The summed E-state index contributed by atoms with van der Waals surface area (Å²) in [4.78, 5) is 36.4. The van der Waals surface area contributed by atoms with Crippen LogP contribution in [-0.2, 0) is 0 Å². The summed E-state index contributed by atoms with van der Waals surface area (Å²) < 4.78 is 0. The number of benzene rings is 1. The van der Waals surface area contributed by atoms with Crippen molar-refractivity contribution < 1.29 is 29.7 Å². The number of ketones is 3. The van der Waals surface area contributed by atoms with Crippen molar-refractivity contribution in [3.8, 4) is 0 Å². The topological polar surface area (TPSA) is 190 Å². The number of Topliss-reactive ketones (excluding diaryl/α,β-unsaturated/α-hetero) is 3. The fourth-order valence-electron chi connectivity index (χ4n) is 1.95. The molecule has 0 unspecified atom stereocenters. The van der Waals surface area contributed by atoms with Crippen LogP contribution in [0.15, 0.2) is 18.2 Å². The van der Waals surface area contributed by atoms with Gasteiger partial charge in [-0.1, -0.05) is 0 Å². The van der Waals surface area contributed by atoms with Crippen molar-refractivity contribution in [3.05, 3.63) is 34.9 Å². The van der Waals surface area contributed by atoms with E-state index in [-0.39, 0.29) is 16.7 Å². The molecule has 3 atom stereocenters.